The van der Waals surface area contributed by atoms with E-state index in [0.717, 1.165) is 24.2 Å². The minimum atomic E-state index is -0.745. The largest absolute Gasteiger partial charge is 0.497 e. The van der Waals surface area contributed by atoms with Crippen LogP contribution in [0.15, 0.2) is 24.3 Å². The van der Waals surface area contributed by atoms with Crippen LogP contribution in [-0.4, -0.2) is 24.2 Å². The van der Waals surface area contributed by atoms with Crippen molar-refractivity contribution in [3.05, 3.63) is 29.8 Å². The molecule has 2 atom stereocenters. The van der Waals surface area contributed by atoms with Gasteiger partial charge in [0.05, 0.1) is 19.3 Å². The van der Waals surface area contributed by atoms with E-state index in [-0.39, 0.29) is 11.9 Å². The standard InChI is InChI=1S/C17H23NO3/c1-4-5-6-7-8-16(19)18-13(2)17(20)14-9-11-15(21-3)12-10-14/h1,9-13,17,20H,5-8H2,2-3H3,(H,18,19). The first kappa shape index (κ1) is 17.1. The molecule has 4 heteroatoms. The van der Waals surface area contributed by atoms with Gasteiger partial charge in [0.25, 0.3) is 0 Å². The molecule has 1 amide bonds. The lowest BCUT2D eigenvalue weighted by molar-refractivity contribution is -0.122. The number of aliphatic hydroxyl groups excluding tert-OH is 1. The second-order valence-corrected chi connectivity index (χ2v) is 4.99. The molecule has 1 aromatic rings. The van der Waals surface area contributed by atoms with Gasteiger partial charge in [0, 0.05) is 12.8 Å². The molecular formula is C17H23NO3. The predicted octanol–water partition coefficient (Wildman–Crippen LogP) is 2.43. The van der Waals surface area contributed by atoms with E-state index in [0.29, 0.717) is 12.8 Å². The summed E-state index contributed by atoms with van der Waals surface area (Å²) in [5, 5.41) is 13.0. The van der Waals surface area contributed by atoms with Gasteiger partial charge in [-0.05, 0) is 37.5 Å². The number of methoxy groups -OCH3 is 1. The zero-order chi connectivity index (χ0) is 15.7. The molecule has 0 aromatic heterocycles. The Morgan fingerprint density at radius 3 is 2.62 bits per heavy atom. The van der Waals surface area contributed by atoms with E-state index >= 15 is 0 Å². The molecule has 0 bridgehead atoms. The average Bonchev–Trinajstić information content (AvgIpc) is 2.51. The van der Waals surface area contributed by atoms with Crippen LogP contribution in [0.5, 0.6) is 5.75 Å². The number of aliphatic hydroxyl groups is 1. The van der Waals surface area contributed by atoms with Crippen LogP contribution < -0.4 is 10.1 Å². The van der Waals surface area contributed by atoms with E-state index in [2.05, 4.69) is 11.2 Å². The van der Waals surface area contributed by atoms with Crippen LogP contribution in [0.3, 0.4) is 0 Å². The van der Waals surface area contributed by atoms with Gasteiger partial charge in [0.15, 0.2) is 0 Å². The Hall–Kier alpha value is -1.99. The number of benzene rings is 1. The second kappa shape index (κ2) is 9.04. The third-order valence-corrected chi connectivity index (χ3v) is 3.29. The van der Waals surface area contributed by atoms with Crippen LogP contribution in [0.1, 0.15) is 44.3 Å². The van der Waals surface area contributed by atoms with Gasteiger partial charge in [-0.25, -0.2) is 0 Å². The zero-order valence-corrected chi connectivity index (χ0v) is 12.6. The highest BCUT2D eigenvalue weighted by Crippen LogP contribution is 2.20. The van der Waals surface area contributed by atoms with Gasteiger partial charge in [-0.15, -0.1) is 12.3 Å². The smallest absolute Gasteiger partial charge is 0.220 e. The molecule has 1 rings (SSSR count). The summed E-state index contributed by atoms with van der Waals surface area (Å²) in [6.07, 6.45) is 7.15. The van der Waals surface area contributed by atoms with Gasteiger partial charge < -0.3 is 15.2 Å². The minimum absolute atomic E-state index is 0.0629. The monoisotopic (exact) mass is 289 g/mol. The van der Waals surface area contributed by atoms with Crippen LogP contribution in [0.25, 0.3) is 0 Å². The highest BCUT2D eigenvalue weighted by Gasteiger charge is 2.18. The summed E-state index contributed by atoms with van der Waals surface area (Å²) < 4.78 is 5.07. The Balaban J connectivity index is 2.44. The predicted molar refractivity (Wildman–Crippen MR) is 82.9 cm³/mol. The molecule has 4 nitrogen and oxygen atoms in total. The Morgan fingerprint density at radius 2 is 2.05 bits per heavy atom. The molecule has 0 fully saturated rings. The number of rotatable bonds is 8. The number of terminal acetylenes is 1. The number of hydrogen-bond donors (Lipinski definition) is 2. The third kappa shape index (κ3) is 5.88. The van der Waals surface area contributed by atoms with E-state index in [1.165, 1.54) is 0 Å². The van der Waals surface area contributed by atoms with E-state index < -0.39 is 6.10 Å². The van der Waals surface area contributed by atoms with Gasteiger partial charge in [-0.1, -0.05) is 12.1 Å². The van der Waals surface area contributed by atoms with E-state index in [4.69, 9.17) is 11.2 Å². The van der Waals surface area contributed by atoms with Crippen LogP contribution in [0, 0.1) is 12.3 Å². The van der Waals surface area contributed by atoms with Crippen LogP contribution in [0.2, 0.25) is 0 Å². The molecule has 0 aliphatic carbocycles. The summed E-state index contributed by atoms with van der Waals surface area (Å²) in [7, 11) is 1.59. The summed E-state index contributed by atoms with van der Waals surface area (Å²) in [6.45, 7) is 1.79. The molecule has 0 heterocycles. The molecule has 0 spiro atoms. The maximum atomic E-state index is 11.8. The lowest BCUT2D eigenvalue weighted by atomic mass is 10.0. The third-order valence-electron chi connectivity index (χ3n) is 3.29. The van der Waals surface area contributed by atoms with Crippen LogP contribution >= 0.6 is 0 Å². The van der Waals surface area contributed by atoms with E-state index in [1.807, 2.05) is 0 Å². The maximum Gasteiger partial charge on any atom is 0.220 e. The zero-order valence-electron chi connectivity index (χ0n) is 12.6. The normalized spacial score (nSPS) is 13.0. The number of nitrogens with one attached hydrogen (secondary N) is 1. The number of amides is 1. The molecule has 2 unspecified atom stereocenters. The minimum Gasteiger partial charge on any atom is -0.497 e. The van der Waals surface area contributed by atoms with Gasteiger partial charge in [0.2, 0.25) is 5.91 Å². The first-order valence-corrected chi connectivity index (χ1v) is 7.13. The number of hydrogen-bond acceptors (Lipinski definition) is 3. The SMILES string of the molecule is C#CCCCCC(=O)NC(C)C(O)c1ccc(OC)cc1. The van der Waals surface area contributed by atoms with Gasteiger partial charge >= 0.3 is 0 Å². The quantitative estimate of drug-likeness (QED) is 0.571. The Morgan fingerprint density at radius 1 is 1.38 bits per heavy atom. The van der Waals surface area contributed by atoms with Crippen molar-refractivity contribution in [3.63, 3.8) is 0 Å². The fourth-order valence-corrected chi connectivity index (χ4v) is 2.01. The topological polar surface area (TPSA) is 58.6 Å². The van der Waals surface area contributed by atoms with Crippen molar-refractivity contribution < 1.29 is 14.6 Å². The van der Waals surface area contributed by atoms with Crippen molar-refractivity contribution in [2.45, 2.75) is 44.8 Å². The highest BCUT2D eigenvalue weighted by molar-refractivity contribution is 5.76. The van der Waals surface area contributed by atoms with Crippen molar-refractivity contribution in [1.82, 2.24) is 5.32 Å². The molecule has 0 saturated carbocycles. The first-order chi connectivity index (χ1) is 10.1. The fourth-order valence-electron chi connectivity index (χ4n) is 2.01. The first-order valence-electron chi connectivity index (χ1n) is 7.13. The lowest BCUT2D eigenvalue weighted by Crippen LogP contribution is -2.36. The molecule has 2 N–H and O–H groups in total. The summed E-state index contributed by atoms with van der Waals surface area (Å²) in [5.74, 6) is 3.22. The van der Waals surface area contributed by atoms with Crippen LogP contribution in [0.4, 0.5) is 0 Å². The van der Waals surface area contributed by atoms with Gasteiger partial charge in [-0.3, -0.25) is 4.79 Å². The Labute approximate surface area is 126 Å². The summed E-state index contributed by atoms with van der Waals surface area (Å²) in [5.41, 5.74) is 0.746. The number of carbonyl (C=O) groups is 1. The molecule has 0 radical (unpaired) electrons. The second-order valence-electron chi connectivity index (χ2n) is 4.99. The maximum absolute atomic E-state index is 11.8. The molecule has 0 aliphatic heterocycles. The Kier molecular flexibility index (Phi) is 7.34. The summed E-state index contributed by atoms with van der Waals surface area (Å²) >= 11 is 0. The lowest BCUT2D eigenvalue weighted by Gasteiger charge is -2.21. The Bertz CT molecular complexity index is 476. The van der Waals surface area contributed by atoms with Crippen molar-refractivity contribution in [3.8, 4) is 18.1 Å². The molecule has 21 heavy (non-hydrogen) atoms. The van der Waals surface area contributed by atoms with E-state index in [9.17, 15) is 9.90 Å². The summed E-state index contributed by atoms with van der Waals surface area (Å²) in [4.78, 5) is 11.8. The summed E-state index contributed by atoms with van der Waals surface area (Å²) in [6, 6.07) is 6.80. The van der Waals surface area contributed by atoms with Crippen LogP contribution in [-0.2, 0) is 4.79 Å². The van der Waals surface area contributed by atoms with Gasteiger partial charge in [0.1, 0.15) is 5.75 Å². The highest BCUT2D eigenvalue weighted by atomic mass is 16.5. The average molecular weight is 289 g/mol. The molecular weight excluding hydrogens is 266 g/mol. The van der Waals surface area contributed by atoms with Crippen molar-refractivity contribution in [2.75, 3.05) is 7.11 Å². The van der Waals surface area contributed by atoms with E-state index in [1.54, 1.807) is 38.3 Å². The number of ether oxygens (including phenoxy) is 1. The molecule has 0 saturated heterocycles. The van der Waals surface area contributed by atoms with Crippen molar-refractivity contribution in [1.29, 1.82) is 0 Å². The number of unbranched alkanes of at least 4 members (excludes halogenated alkanes) is 2. The molecule has 0 aliphatic rings. The molecule has 1 aromatic carbocycles. The van der Waals surface area contributed by atoms with Crippen molar-refractivity contribution in [2.24, 2.45) is 0 Å². The van der Waals surface area contributed by atoms with Crippen molar-refractivity contribution >= 4 is 5.91 Å². The van der Waals surface area contributed by atoms with Gasteiger partial charge in [-0.2, -0.15) is 0 Å². The number of carbonyl (C=O) groups excluding carboxylic acids is 1. The fraction of sp³-hybridized carbons (Fsp3) is 0.471. The molecule has 114 valence electrons.